The zero-order chi connectivity index (χ0) is 16.1. The fourth-order valence-corrected chi connectivity index (χ4v) is 2.49. The van der Waals surface area contributed by atoms with Crippen LogP contribution in [-0.4, -0.2) is 18.1 Å². The first-order chi connectivity index (χ1) is 11.2. The number of nitrogens with zero attached hydrogens (tertiary/aromatic N) is 1. The molecule has 3 rings (SSSR count). The molecule has 23 heavy (non-hydrogen) atoms. The van der Waals surface area contributed by atoms with Crippen LogP contribution < -0.4 is 0 Å². The zero-order valence-corrected chi connectivity index (χ0v) is 13.4. The number of thioether (sulfide) groups is 1. The molecule has 4 heteroatoms. The van der Waals surface area contributed by atoms with E-state index in [4.69, 9.17) is 4.74 Å². The molecule has 0 atom stereocenters. The third kappa shape index (κ3) is 3.99. The van der Waals surface area contributed by atoms with Crippen LogP contribution >= 0.6 is 11.8 Å². The maximum absolute atomic E-state index is 11.9. The van der Waals surface area contributed by atoms with Crippen LogP contribution in [0.1, 0.15) is 11.1 Å². The summed E-state index contributed by atoms with van der Waals surface area (Å²) < 4.78 is 5.16. The van der Waals surface area contributed by atoms with E-state index in [0.717, 1.165) is 11.1 Å². The number of esters is 1. The van der Waals surface area contributed by atoms with Crippen molar-refractivity contribution in [3.8, 4) is 0 Å². The quantitative estimate of drug-likeness (QED) is 0.475. The minimum atomic E-state index is -0.424. The molecule has 0 saturated heterocycles. The number of cyclic esters (lactones) is 1. The molecule has 1 heterocycles. The van der Waals surface area contributed by atoms with Crippen molar-refractivity contribution in [1.29, 1.82) is 0 Å². The Hall–Kier alpha value is -2.59. The molecular weight excluding hydrogens is 306 g/mol. The minimum absolute atomic E-state index is 0.311. The van der Waals surface area contributed by atoms with Crippen LogP contribution in [0.5, 0.6) is 0 Å². The first-order valence-corrected chi connectivity index (χ1v) is 8.37. The van der Waals surface area contributed by atoms with Gasteiger partial charge in [0.2, 0.25) is 5.90 Å². The van der Waals surface area contributed by atoms with E-state index in [1.165, 1.54) is 4.90 Å². The van der Waals surface area contributed by atoms with Gasteiger partial charge in [0, 0.05) is 11.0 Å². The Morgan fingerprint density at radius 3 is 2.39 bits per heavy atom. The molecule has 0 unspecified atom stereocenters. The second-order valence-electron chi connectivity index (χ2n) is 4.89. The fraction of sp³-hybridized carbons (Fsp3) is 0.0526. The molecule has 1 aliphatic rings. The first kappa shape index (κ1) is 15.3. The Kier molecular flexibility index (Phi) is 4.74. The van der Waals surface area contributed by atoms with Crippen LogP contribution in [0.15, 0.2) is 76.3 Å². The molecule has 0 aliphatic carbocycles. The maximum atomic E-state index is 11.9. The monoisotopic (exact) mass is 321 g/mol. The highest BCUT2D eigenvalue weighted by Gasteiger charge is 2.20. The number of rotatable bonds is 4. The van der Waals surface area contributed by atoms with E-state index in [0.29, 0.717) is 11.6 Å². The number of hydrogen-bond donors (Lipinski definition) is 0. The van der Waals surface area contributed by atoms with Gasteiger partial charge in [-0.25, -0.2) is 9.79 Å². The van der Waals surface area contributed by atoms with E-state index in [1.54, 1.807) is 23.9 Å². The maximum Gasteiger partial charge on any atom is 0.363 e. The molecule has 0 amide bonds. The molecule has 2 aromatic rings. The summed E-state index contributed by atoms with van der Waals surface area (Å²) in [4.78, 5) is 17.3. The highest BCUT2D eigenvalue weighted by atomic mass is 32.2. The van der Waals surface area contributed by atoms with Crippen molar-refractivity contribution in [1.82, 2.24) is 0 Å². The van der Waals surface area contributed by atoms with Crippen LogP contribution in [0.25, 0.3) is 12.2 Å². The van der Waals surface area contributed by atoms with Gasteiger partial charge in [-0.05, 0) is 41.7 Å². The number of ether oxygens (including phenoxy) is 1. The summed E-state index contributed by atoms with van der Waals surface area (Å²) in [5, 5.41) is 0. The van der Waals surface area contributed by atoms with Crippen molar-refractivity contribution in [2.45, 2.75) is 4.90 Å². The van der Waals surface area contributed by atoms with E-state index >= 15 is 0 Å². The van der Waals surface area contributed by atoms with E-state index < -0.39 is 5.97 Å². The average Bonchev–Trinajstić information content (AvgIpc) is 2.94. The highest BCUT2D eigenvalue weighted by Crippen LogP contribution is 2.19. The van der Waals surface area contributed by atoms with Crippen LogP contribution in [-0.2, 0) is 9.53 Å². The topological polar surface area (TPSA) is 38.7 Å². The SMILES string of the molecule is CSc1ccc(/C=C2N=C(/C=C/c3ccccc3)OC/2=O)cc1. The molecule has 0 bridgehead atoms. The van der Waals surface area contributed by atoms with Gasteiger partial charge in [0.15, 0.2) is 5.70 Å². The van der Waals surface area contributed by atoms with Gasteiger partial charge >= 0.3 is 5.97 Å². The summed E-state index contributed by atoms with van der Waals surface area (Å²) in [6, 6.07) is 17.7. The van der Waals surface area contributed by atoms with Gasteiger partial charge in [-0.2, -0.15) is 0 Å². The average molecular weight is 321 g/mol. The lowest BCUT2D eigenvalue weighted by atomic mass is 10.2. The van der Waals surface area contributed by atoms with Crippen molar-refractivity contribution in [3.63, 3.8) is 0 Å². The van der Waals surface area contributed by atoms with Gasteiger partial charge in [-0.1, -0.05) is 42.5 Å². The van der Waals surface area contributed by atoms with Crippen molar-refractivity contribution in [3.05, 3.63) is 77.5 Å². The normalized spacial score (nSPS) is 16.0. The summed E-state index contributed by atoms with van der Waals surface area (Å²) in [5.74, 6) is -0.113. The van der Waals surface area contributed by atoms with Crippen molar-refractivity contribution < 1.29 is 9.53 Å². The molecule has 0 N–H and O–H groups in total. The molecule has 0 spiro atoms. The molecule has 0 fully saturated rings. The predicted molar refractivity (Wildman–Crippen MR) is 95.2 cm³/mol. The fourth-order valence-electron chi connectivity index (χ4n) is 2.09. The molecule has 2 aromatic carbocycles. The predicted octanol–water partition coefficient (Wildman–Crippen LogP) is 4.42. The van der Waals surface area contributed by atoms with Gasteiger partial charge in [0.25, 0.3) is 0 Å². The first-order valence-electron chi connectivity index (χ1n) is 7.14. The van der Waals surface area contributed by atoms with Crippen LogP contribution in [0.3, 0.4) is 0 Å². The summed E-state index contributed by atoms with van der Waals surface area (Å²) in [5.41, 5.74) is 2.26. The summed E-state index contributed by atoms with van der Waals surface area (Å²) in [7, 11) is 0. The molecule has 114 valence electrons. The number of hydrogen-bond acceptors (Lipinski definition) is 4. The van der Waals surface area contributed by atoms with Gasteiger partial charge in [-0.15, -0.1) is 11.8 Å². The Labute approximate surface area is 139 Å². The molecule has 3 nitrogen and oxygen atoms in total. The van der Waals surface area contributed by atoms with Gasteiger partial charge in [-0.3, -0.25) is 0 Å². The number of aliphatic imine (C=N–C) groups is 1. The summed E-state index contributed by atoms with van der Waals surface area (Å²) in [6.45, 7) is 0. The molecular formula is C19H15NO2S. The number of carbonyl (C=O) groups is 1. The van der Waals surface area contributed by atoms with Crippen molar-refractivity contribution in [2.75, 3.05) is 6.26 Å². The second kappa shape index (κ2) is 7.11. The third-order valence-corrected chi connectivity index (χ3v) is 4.02. The minimum Gasteiger partial charge on any atom is -0.403 e. The zero-order valence-electron chi connectivity index (χ0n) is 12.6. The number of carbonyl (C=O) groups excluding carboxylic acids is 1. The van der Waals surface area contributed by atoms with Crippen LogP contribution in [0.4, 0.5) is 0 Å². The van der Waals surface area contributed by atoms with E-state index in [-0.39, 0.29) is 0 Å². The Morgan fingerprint density at radius 2 is 1.70 bits per heavy atom. The number of benzene rings is 2. The standard InChI is InChI=1S/C19H15NO2S/c1-23-16-10-7-15(8-11-16)13-17-19(21)22-18(20-17)12-9-14-5-3-2-4-6-14/h2-13H,1H3/b12-9+,17-13+. The van der Waals surface area contributed by atoms with E-state index in [2.05, 4.69) is 4.99 Å². The Balaban J connectivity index is 1.77. The summed E-state index contributed by atoms with van der Waals surface area (Å²) >= 11 is 1.68. The van der Waals surface area contributed by atoms with Crippen LogP contribution in [0, 0.1) is 0 Å². The van der Waals surface area contributed by atoms with Gasteiger partial charge in [0.1, 0.15) is 0 Å². The van der Waals surface area contributed by atoms with E-state index in [9.17, 15) is 4.79 Å². The van der Waals surface area contributed by atoms with Crippen LogP contribution in [0.2, 0.25) is 0 Å². The lowest BCUT2D eigenvalue weighted by Gasteiger charge is -1.97. The summed E-state index contributed by atoms with van der Waals surface area (Å²) in [6.07, 6.45) is 7.32. The molecule has 0 saturated carbocycles. The molecule has 0 aromatic heterocycles. The van der Waals surface area contributed by atoms with Crippen molar-refractivity contribution >= 4 is 35.8 Å². The smallest absolute Gasteiger partial charge is 0.363 e. The second-order valence-corrected chi connectivity index (χ2v) is 5.77. The van der Waals surface area contributed by atoms with Gasteiger partial charge in [0.05, 0.1) is 0 Å². The van der Waals surface area contributed by atoms with Gasteiger partial charge < -0.3 is 4.74 Å². The lowest BCUT2D eigenvalue weighted by Crippen LogP contribution is -2.01. The lowest BCUT2D eigenvalue weighted by molar-refractivity contribution is -0.129. The van der Waals surface area contributed by atoms with E-state index in [1.807, 2.05) is 66.9 Å². The molecule has 1 aliphatic heterocycles. The molecule has 0 radical (unpaired) electrons. The largest absolute Gasteiger partial charge is 0.403 e. The highest BCUT2D eigenvalue weighted by molar-refractivity contribution is 7.98. The third-order valence-electron chi connectivity index (χ3n) is 3.27. The Morgan fingerprint density at radius 1 is 0.957 bits per heavy atom. The Bertz CT molecular complexity index is 790. The van der Waals surface area contributed by atoms with Crippen molar-refractivity contribution in [2.24, 2.45) is 4.99 Å².